The molecule has 2 N–H and O–H groups in total. The van der Waals surface area contributed by atoms with Gasteiger partial charge in [-0.05, 0) is 29.7 Å². The lowest BCUT2D eigenvalue weighted by Gasteiger charge is -2.12. The van der Waals surface area contributed by atoms with Gasteiger partial charge in [-0.3, -0.25) is 14.6 Å². The van der Waals surface area contributed by atoms with Crippen LogP contribution in [0.5, 0.6) is 0 Å². The average Bonchev–Trinajstić information content (AvgIpc) is 2.81. The molecule has 0 aliphatic rings. The predicted molar refractivity (Wildman–Crippen MR) is 117 cm³/mol. The third-order valence-corrected chi connectivity index (χ3v) is 4.68. The zero-order valence-corrected chi connectivity index (χ0v) is 17.2. The molecule has 7 heteroatoms. The molecular weight excluding hydrogens is 378 g/mol. The summed E-state index contributed by atoms with van der Waals surface area (Å²) in [5, 5.41) is 5.95. The maximum absolute atomic E-state index is 12.8. The van der Waals surface area contributed by atoms with Gasteiger partial charge in [-0.2, -0.15) is 0 Å². The third kappa shape index (κ3) is 5.26. The van der Waals surface area contributed by atoms with Crippen molar-refractivity contribution in [3.63, 3.8) is 0 Å². The minimum atomic E-state index is -0.322. The number of rotatable bonds is 9. The van der Waals surface area contributed by atoms with Gasteiger partial charge in [-0.1, -0.05) is 38.1 Å². The molecule has 0 saturated carbocycles. The van der Waals surface area contributed by atoms with E-state index in [0.29, 0.717) is 24.5 Å². The maximum atomic E-state index is 12.8. The van der Waals surface area contributed by atoms with Crippen LogP contribution in [0.25, 0.3) is 11.1 Å². The van der Waals surface area contributed by atoms with Gasteiger partial charge in [0.25, 0.3) is 5.91 Å². The third-order valence-electron chi connectivity index (χ3n) is 4.68. The SMILES string of the molecule is CCC(=O)c1ncc(-c2cccc(CC)c2)cc1C(=O)NCCNc1ccncn1. The van der Waals surface area contributed by atoms with Crippen LogP contribution in [0.15, 0.2) is 55.1 Å². The number of hydrogen-bond donors (Lipinski definition) is 2. The first-order valence-electron chi connectivity index (χ1n) is 10.0. The van der Waals surface area contributed by atoms with Gasteiger partial charge in [0, 0.05) is 37.5 Å². The molecule has 154 valence electrons. The van der Waals surface area contributed by atoms with Crippen molar-refractivity contribution in [1.29, 1.82) is 0 Å². The molecular formula is C23H25N5O2. The van der Waals surface area contributed by atoms with Crippen molar-refractivity contribution in [3.8, 4) is 11.1 Å². The Hall–Kier alpha value is -3.61. The summed E-state index contributed by atoms with van der Waals surface area (Å²) in [6, 6.07) is 11.6. The van der Waals surface area contributed by atoms with Crippen molar-refractivity contribution in [2.45, 2.75) is 26.7 Å². The highest BCUT2D eigenvalue weighted by molar-refractivity contribution is 6.07. The number of amides is 1. The molecule has 0 atom stereocenters. The summed E-state index contributed by atoms with van der Waals surface area (Å²) in [6.07, 6.45) is 5.95. The van der Waals surface area contributed by atoms with E-state index in [1.54, 1.807) is 31.5 Å². The van der Waals surface area contributed by atoms with Crippen LogP contribution in [0.2, 0.25) is 0 Å². The number of carbonyl (C=O) groups is 2. The molecule has 3 rings (SSSR count). The van der Waals surface area contributed by atoms with Gasteiger partial charge < -0.3 is 10.6 Å². The van der Waals surface area contributed by atoms with E-state index >= 15 is 0 Å². The zero-order valence-electron chi connectivity index (χ0n) is 17.2. The fraction of sp³-hybridized carbons (Fsp3) is 0.261. The van der Waals surface area contributed by atoms with Crippen LogP contribution in [0.3, 0.4) is 0 Å². The number of nitrogens with one attached hydrogen (secondary N) is 2. The van der Waals surface area contributed by atoms with Gasteiger partial charge in [-0.25, -0.2) is 9.97 Å². The summed E-state index contributed by atoms with van der Waals surface area (Å²) in [6.45, 7) is 4.72. The lowest BCUT2D eigenvalue weighted by molar-refractivity contribution is 0.0931. The van der Waals surface area contributed by atoms with Gasteiger partial charge in [0.15, 0.2) is 5.78 Å². The first kappa shape index (κ1) is 21.1. The molecule has 1 aromatic carbocycles. The maximum Gasteiger partial charge on any atom is 0.253 e. The van der Waals surface area contributed by atoms with E-state index in [4.69, 9.17) is 0 Å². The Morgan fingerprint density at radius 2 is 1.87 bits per heavy atom. The van der Waals surface area contributed by atoms with Gasteiger partial charge in [-0.15, -0.1) is 0 Å². The Balaban J connectivity index is 1.77. The van der Waals surface area contributed by atoms with E-state index < -0.39 is 0 Å². The summed E-state index contributed by atoms with van der Waals surface area (Å²) >= 11 is 0. The molecule has 0 aliphatic heterocycles. The van der Waals surface area contributed by atoms with E-state index in [1.165, 1.54) is 11.9 Å². The van der Waals surface area contributed by atoms with Crippen molar-refractivity contribution in [2.24, 2.45) is 0 Å². The first-order chi connectivity index (χ1) is 14.6. The number of ketones is 1. The van der Waals surface area contributed by atoms with Crippen LogP contribution in [0, 0.1) is 0 Å². The summed E-state index contributed by atoms with van der Waals surface area (Å²) in [4.78, 5) is 37.4. The van der Waals surface area contributed by atoms with Crippen LogP contribution >= 0.6 is 0 Å². The summed E-state index contributed by atoms with van der Waals surface area (Å²) in [7, 11) is 0. The number of benzene rings is 1. The van der Waals surface area contributed by atoms with Crippen molar-refractivity contribution in [2.75, 3.05) is 18.4 Å². The normalized spacial score (nSPS) is 10.5. The van der Waals surface area contributed by atoms with E-state index in [9.17, 15) is 9.59 Å². The second kappa shape index (κ2) is 10.2. The zero-order chi connectivity index (χ0) is 21.3. The Morgan fingerprint density at radius 3 is 2.60 bits per heavy atom. The first-order valence-corrected chi connectivity index (χ1v) is 10.0. The molecule has 2 aromatic heterocycles. The highest BCUT2D eigenvalue weighted by Crippen LogP contribution is 2.23. The predicted octanol–water partition coefficient (Wildman–Crippen LogP) is 3.54. The molecule has 30 heavy (non-hydrogen) atoms. The molecule has 3 aromatic rings. The summed E-state index contributed by atoms with van der Waals surface area (Å²) in [5.74, 6) is 0.200. The van der Waals surface area contributed by atoms with E-state index in [0.717, 1.165) is 17.5 Å². The van der Waals surface area contributed by atoms with Gasteiger partial charge in [0.2, 0.25) is 0 Å². The van der Waals surface area contributed by atoms with E-state index in [-0.39, 0.29) is 23.8 Å². The van der Waals surface area contributed by atoms with Crippen molar-refractivity contribution < 1.29 is 9.59 Å². The Labute approximate surface area is 176 Å². The molecule has 0 unspecified atom stereocenters. The summed E-state index contributed by atoms with van der Waals surface area (Å²) in [5.41, 5.74) is 3.47. The molecule has 1 amide bonds. The number of nitrogens with zero attached hydrogens (tertiary/aromatic N) is 3. The van der Waals surface area contributed by atoms with Crippen LogP contribution in [-0.4, -0.2) is 39.7 Å². The number of anilines is 1. The Kier molecular flexibility index (Phi) is 7.21. The minimum absolute atomic E-state index is 0.159. The van der Waals surface area contributed by atoms with Crippen molar-refractivity contribution >= 4 is 17.5 Å². The largest absolute Gasteiger partial charge is 0.368 e. The van der Waals surface area contributed by atoms with Crippen LogP contribution in [-0.2, 0) is 6.42 Å². The number of Topliss-reactive ketones (excluding diaryl/α,β-unsaturated/α-hetero) is 1. The fourth-order valence-corrected chi connectivity index (χ4v) is 3.01. The van der Waals surface area contributed by atoms with Crippen LogP contribution in [0.4, 0.5) is 5.82 Å². The number of aromatic nitrogens is 3. The molecule has 2 heterocycles. The van der Waals surface area contributed by atoms with Crippen LogP contribution < -0.4 is 10.6 Å². The van der Waals surface area contributed by atoms with E-state index in [2.05, 4.69) is 44.6 Å². The fourth-order valence-electron chi connectivity index (χ4n) is 3.01. The standard InChI is InChI=1S/C23H25N5O2/c1-3-16-6-5-7-17(12-16)18-13-19(22(27-14-18)20(29)4-2)23(30)26-11-10-25-21-8-9-24-15-28-21/h5-9,12-15H,3-4,10-11H2,1-2H3,(H,26,30)(H,24,25,28). The van der Waals surface area contributed by atoms with Gasteiger partial charge in [0.1, 0.15) is 17.8 Å². The second-order valence-corrected chi connectivity index (χ2v) is 6.73. The molecule has 0 saturated heterocycles. The molecule has 0 spiro atoms. The lowest BCUT2D eigenvalue weighted by Crippen LogP contribution is -2.30. The van der Waals surface area contributed by atoms with E-state index in [1.807, 2.05) is 12.1 Å². The average molecular weight is 403 g/mol. The monoisotopic (exact) mass is 403 g/mol. The van der Waals surface area contributed by atoms with Crippen molar-refractivity contribution in [3.05, 3.63) is 71.9 Å². The molecule has 7 nitrogen and oxygen atoms in total. The number of pyridine rings is 1. The second-order valence-electron chi connectivity index (χ2n) is 6.73. The highest BCUT2D eigenvalue weighted by atomic mass is 16.2. The van der Waals surface area contributed by atoms with Crippen molar-refractivity contribution in [1.82, 2.24) is 20.3 Å². The highest BCUT2D eigenvalue weighted by Gasteiger charge is 2.18. The smallest absolute Gasteiger partial charge is 0.253 e. The Bertz CT molecular complexity index is 1020. The quantitative estimate of drug-likeness (QED) is 0.419. The topological polar surface area (TPSA) is 96.9 Å². The molecule has 0 bridgehead atoms. The minimum Gasteiger partial charge on any atom is -0.368 e. The molecule has 0 fully saturated rings. The number of carbonyl (C=O) groups excluding carboxylic acids is 2. The number of aryl methyl sites for hydroxylation is 1. The number of hydrogen-bond acceptors (Lipinski definition) is 6. The lowest BCUT2D eigenvalue weighted by atomic mass is 9.99. The molecule has 0 radical (unpaired) electrons. The summed E-state index contributed by atoms with van der Waals surface area (Å²) < 4.78 is 0. The Morgan fingerprint density at radius 1 is 1.00 bits per heavy atom. The van der Waals surface area contributed by atoms with Gasteiger partial charge in [0.05, 0.1) is 5.56 Å². The van der Waals surface area contributed by atoms with Gasteiger partial charge >= 0.3 is 0 Å². The van der Waals surface area contributed by atoms with Crippen LogP contribution in [0.1, 0.15) is 46.7 Å². The molecule has 0 aliphatic carbocycles.